The van der Waals surface area contributed by atoms with Crippen LogP contribution >= 0.6 is 0 Å². The zero-order valence-corrected chi connectivity index (χ0v) is 10.6. The molecule has 0 saturated carbocycles. The van der Waals surface area contributed by atoms with E-state index in [0.717, 1.165) is 24.8 Å². The Hall–Kier alpha value is -1.45. The molecule has 2 heterocycles. The van der Waals surface area contributed by atoms with Crippen LogP contribution in [0.4, 0.5) is 11.5 Å². The molecule has 1 unspecified atom stereocenters. The first kappa shape index (κ1) is 12.0. The van der Waals surface area contributed by atoms with Crippen LogP contribution in [-0.2, 0) is 0 Å². The van der Waals surface area contributed by atoms with Crippen LogP contribution in [0.25, 0.3) is 0 Å². The SMILES string of the molecule is CCOc1nc(N2CCC(CC)C2)ccc1N. The van der Waals surface area contributed by atoms with Crippen molar-refractivity contribution >= 4 is 11.5 Å². The minimum Gasteiger partial charge on any atom is -0.476 e. The van der Waals surface area contributed by atoms with Crippen LogP contribution in [0.2, 0.25) is 0 Å². The molecule has 0 spiro atoms. The minimum absolute atomic E-state index is 0.560. The average Bonchev–Trinajstić information content (AvgIpc) is 2.81. The lowest BCUT2D eigenvalue weighted by Crippen LogP contribution is -2.21. The van der Waals surface area contributed by atoms with Crippen LogP contribution in [0.5, 0.6) is 5.88 Å². The summed E-state index contributed by atoms with van der Waals surface area (Å²) < 4.78 is 5.43. The highest BCUT2D eigenvalue weighted by Crippen LogP contribution is 2.28. The number of nitrogen functional groups attached to an aromatic ring is 1. The van der Waals surface area contributed by atoms with E-state index >= 15 is 0 Å². The molecule has 1 aliphatic heterocycles. The number of hydrogen-bond acceptors (Lipinski definition) is 4. The van der Waals surface area contributed by atoms with Crippen molar-refractivity contribution < 1.29 is 4.74 Å². The Morgan fingerprint density at radius 3 is 2.94 bits per heavy atom. The minimum atomic E-state index is 0.560. The second kappa shape index (κ2) is 5.25. The van der Waals surface area contributed by atoms with Gasteiger partial charge in [0.2, 0.25) is 5.88 Å². The van der Waals surface area contributed by atoms with Gasteiger partial charge in [0, 0.05) is 13.1 Å². The Morgan fingerprint density at radius 2 is 2.29 bits per heavy atom. The van der Waals surface area contributed by atoms with Crippen molar-refractivity contribution in [2.75, 3.05) is 30.3 Å². The van der Waals surface area contributed by atoms with Gasteiger partial charge in [-0.2, -0.15) is 4.98 Å². The normalized spacial score (nSPS) is 19.6. The predicted molar refractivity (Wildman–Crippen MR) is 70.4 cm³/mol. The van der Waals surface area contributed by atoms with Crippen molar-refractivity contribution in [3.63, 3.8) is 0 Å². The molecule has 4 heteroatoms. The summed E-state index contributed by atoms with van der Waals surface area (Å²) >= 11 is 0. The molecule has 0 aliphatic carbocycles. The van der Waals surface area contributed by atoms with Gasteiger partial charge in [-0.05, 0) is 31.4 Å². The zero-order chi connectivity index (χ0) is 12.3. The summed E-state index contributed by atoms with van der Waals surface area (Å²) in [5.41, 5.74) is 6.43. The highest BCUT2D eigenvalue weighted by atomic mass is 16.5. The predicted octanol–water partition coefficient (Wildman–Crippen LogP) is 2.30. The standard InChI is InChI=1S/C13H21N3O/c1-3-10-7-8-16(9-10)12-6-5-11(14)13(15-12)17-4-2/h5-6,10H,3-4,7-9,14H2,1-2H3. The Labute approximate surface area is 103 Å². The lowest BCUT2D eigenvalue weighted by Gasteiger charge is -2.18. The monoisotopic (exact) mass is 235 g/mol. The van der Waals surface area contributed by atoms with E-state index in [-0.39, 0.29) is 0 Å². The summed E-state index contributed by atoms with van der Waals surface area (Å²) in [5.74, 6) is 2.34. The van der Waals surface area contributed by atoms with Crippen LogP contribution in [-0.4, -0.2) is 24.7 Å². The number of pyridine rings is 1. The Bertz CT molecular complexity index is 381. The summed E-state index contributed by atoms with van der Waals surface area (Å²) in [6, 6.07) is 3.86. The molecule has 0 bridgehead atoms. The fourth-order valence-corrected chi connectivity index (χ4v) is 2.24. The number of nitrogens with zero attached hydrogens (tertiary/aromatic N) is 2. The van der Waals surface area contributed by atoms with Crippen LogP contribution in [0.15, 0.2) is 12.1 Å². The van der Waals surface area contributed by atoms with Crippen molar-refractivity contribution in [2.24, 2.45) is 5.92 Å². The van der Waals surface area contributed by atoms with Gasteiger partial charge in [-0.15, -0.1) is 0 Å². The van der Waals surface area contributed by atoms with E-state index in [1.165, 1.54) is 12.8 Å². The third-order valence-corrected chi connectivity index (χ3v) is 3.34. The summed E-state index contributed by atoms with van der Waals surface area (Å²) in [6.45, 7) is 6.96. The zero-order valence-electron chi connectivity index (χ0n) is 10.6. The Morgan fingerprint density at radius 1 is 1.47 bits per heavy atom. The molecule has 1 aromatic heterocycles. The number of nitrogens with two attached hydrogens (primary N) is 1. The van der Waals surface area contributed by atoms with E-state index < -0.39 is 0 Å². The quantitative estimate of drug-likeness (QED) is 0.870. The van der Waals surface area contributed by atoms with E-state index in [4.69, 9.17) is 10.5 Å². The van der Waals surface area contributed by atoms with Gasteiger partial charge < -0.3 is 15.4 Å². The smallest absolute Gasteiger partial charge is 0.239 e. The van der Waals surface area contributed by atoms with Gasteiger partial charge in [0.1, 0.15) is 5.82 Å². The molecule has 1 aromatic rings. The van der Waals surface area contributed by atoms with Gasteiger partial charge in [-0.3, -0.25) is 0 Å². The highest BCUT2D eigenvalue weighted by Gasteiger charge is 2.22. The Balaban J connectivity index is 2.13. The molecule has 17 heavy (non-hydrogen) atoms. The largest absolute Gasteiger partial charge is 0.476 e. The summed E-state index contributed by atoms with van der Waals surface area (Å²) in [7, 11) is 0. The molecule has 94 valence electrons. The van der Waals surface area contributed by atoms with Crippen molar-refractivity contribution in [1.82, 2.24) is 4.98 Å². The van der Waals surface area contributed by atoms with E-state index in [1.807, 2.05) is 19.1 Å². The molecule has 1 fully saturated rings. The molecular weight excluding hydrogens is 214 g/mol. The van der Waals surface area contributed by atoms with Gasteiger partial charge in [0.15, 0.2) is 0 Å². The fourth-order valence-electron chi connectivity index (χ4n) is 2.24. The van der Waals surface area contributed by atoms with E-state index in [1.54, 1.807) is 0 Å². The fraction of sp³-hybridized carbons (Fsp3) is 0.615. The van der Waals surface area contributed by atoms with Crippen molar-refractivity contribution in [3.05, 3.63) is 12.1 Å². The first-order chi connectivity index (χ1) is 8.24. The van der Waals surface area contributed by atoms with Crippen LogP contribution < -0.4 is 15.4 Å². The molecule has 1 atom stereocenters. The van der Waals surface area contributed by atoms with Gasteiger partial charge in [-0.1, -0.05) is 13.3 Å². The maximum atomic E-state index is 5.82. The van der Waals surface area contributed by atoms with Crippen LogP contribution in [0.1, 0.15) is 26.7 Å². The molecule has 0 radical (unpaired) electrons. The lowest BCUT2D eigenvalue weighted by atomic mass is 10.1. The van der Waals surface area contributed by atoms with Gasteiger partial charge in [0.05, 0.1) is 12.3 Å². The molecule has 0 amide bonds. The molecule has 1 aliphatic rings. The van der Waals surface area contributed by atoms with Gasteiger partial charge in [-0.25, -0.2) is 0 Å². The molecule has 2 N–H and O–H groups in total. The number of ether oxygens (including phenoxy) is 1. The van der Waals surface area contributed by atoms with E-state index in [2.05, 4.69) is 16.8 Å². The number of aromatic nitrogens is 1. The first-order valence-corrected chi connectivity index (χ1v) is 6.38. The van der Waals surface area contributed by atoms with E-state index in [0.29, 0.717) is 18.2 Å². The Kier molecular flexibility index (Phi) is 3.71. The van der Waals surface area contributed by atoms with Gasteiger partial charge >= 0.3 is 0 Å². The average molecular weight is 235 g/mol. The molecule has 1 saturated heterocycles. The lowest BCUT2D eigenvalue weighted by molar-refractivity contribution is 0.329. The summed E-state index contributed by atoms with van der Waals surface area (Å²) in [6.07, 6.45) is 2.50. The van der Waals surface area contributed by atoms with Crippen molar-refractivity contribution in [3.8, 4) is 5.88 Å². The highest BCUT2D eigenvalue weighted by molar-refractivity contribution is 5.54. The summed E-state index contributed by atoms with van der Waals surface area (Å²) in [5, 5.41) is 0. The third kappa shape index (κ3) is 2.62. The topological polar surface area (TPSA) is 51.4 Å². The number of hydrogen-bond donors (Lipinski definition) is 1. The molecule has 4 nitrogen and oxygen atoms in total. The summed E-state index contributed by atoms with van der Waals surface area (Å²) in [4.78, 5) is 6.81. The van der Waals surface area contributed by atoms with E-state index in [9.17, 15) is 0 Å². The number of rotatable bonds is 4. The molecular formula is C13H21N3O. The molecule has 0 aromatic carbocycles. The third-order valence-electron chi connectivity index (χ3n) is 3.34. The first-order valence-electron chi connectivity index (χ1n) is 6.38. The maximum absolute atomic E-state index is 5.82. The van der Waals surface area contributed by atoms with Crippen molar-refractivity contribution in [1.29, 1.82) is 0 Å². The second-order valence-corrected chi connectivity index (χ2v) is 4.51. The molecule has 2 rings (SSSR count). The van der Waals surface area contributed by atoms with Gasteiger partial charge in [0.25, 0.3) is 0 Å². The number of anilines is 2. The van der Waals surface area contributed by atoms with Crippen molar-refractivity contribution in [2.45, 2.75) is 26.7 Å². The maximum Gasteiger partial charge on any atom is 0.239 e. The second-order valence-electron chi connectivity index (χ2n) is 4.51. The van der Waals surface area contributed by atoms with Crippen LogP contribution in [0.3, 0.4) is 0 Å². The van der Waals surface area contributed by atoms with Crippen LogP contribution in [0, 0.1) is 5.92 Å².